The van der Waals surface area contributed by atoms with Gasteiger partial charge in [-0.05, 0) is 19.8 Å². The molecule has 6 heteroatoms. The van der Waals surface area contributed by atoms with Crippen LogP contribution in [0.1, 0.15) is 26.5 Å². The van der Waals surface area contributed by atoms with Crippen molar-refractivity contribution in [2.75, 3.05) is 20.1 Å². The topological polar surface area (TPSA) is 65.7 Å². The van der Waals surface area contributed by atoms with E-state index in [1.807, 2.05) is 36.4 Å². The molecular weight excluding hydrogens is 326 g/mol. The number of hydrogen-bond donors (Lipinski definition) is 2. The van der Waals surface area contributed by atoms with E-state index < -0.39 is 0 Å². The van der Waals surface area contributed by atoms with E-state index in [4.69, 9.17) is 4.52 Å². The number of aromatic nitrogens is 1. The largest absolute Gasteiger partial charge is 0.359 e. The molecule has 1 aliphatic heterocycles. The van der Waals surface area contributed by atoms with Gasteiger partial charge in [0.05, 0.1) is 6.54 Å². The van der Waals surface area contributed by atoms with E-state index in [1.54, 1.807) is 7.05 Å². The summed E-state index contributed by atoms with van der Waals surface area (Å²) in [6.07, 6.45) is 0. The molecule has 1 aromatic carbocycles. The van der Waals surface area contributed by atoms with Crippen molar-refractivity contribution in [2.45, 2.75) is 39.4 Å². The van der Waals surface area contributed by atoms with Crippen molar-refractivity contribution in [2.24, 2.45) is 10.9 Å². The Morgan fingerprint density at radius 3 is 2.73 bits per heavy atom. The zero-order valence-electron chi connectivity index (χ0n) is 16.1. The number of guanidine groups is 1. The molecule has 2 N–H and O–H groups in total. The standard InChI is InChI=1S/C20H29N5O/c1-14(2)25-12-15(3)19(13-25)23-20(21-4)22-11-17-10-18(24-26-17)16-8-6-5-7-9-16/h5-10,14-15,19H,11-13H2,1-4H3,(H2,21,22,23). The highest BCUT2D eigenvalue weighted by atomic mass is 16.5. The Bertz CT molecular complexity index is 725. The van der Waals surface area contributed by atoms with Crippen molar-refractivity contribution in [3.05, 3.63) is 42.2 Å². The van der Waals surface area contributed by atoms with Crippen molar-refractivity contribution < 1.29 is 4.52 Å². The van der Waals surface area contributed by atoms with Gasteiger partial charge in [-0.15, -0.1) is 0 Å². The SMILES string of the molecule is CN=C(NCc1cc(-c2ccccc2)no1)NC1CN(C(C)C)CC1C. The molecule has 3 rings (SSSR count). The highest BCUT2D eigenvalue weighted by molar-refractivity contribution is 5.80. The molecule has 1 saturated heterocycles. The number of nitrogens with one attached hydrogen (secondary N) is 2. The van der Waals surface area contributed by atoms with Gasteiger partial charge < -0.3 is 15.2 Å². The normalized spacial score (nSPS) is 21.3. The lowest BCUT2D eigenvalue weighted by atomic mass is 10.1. The lowest BCUT2D eigenvalue weighted by Gasteiger charge is -2.21. The molecule has 0 aliphatic carbocycles. The van der Waals surface area contributed by atoms with Crippen LogP contribution in [0.2, 0.25) is 0 Å². The van der Waals surface area contributed by atoms with Gasteiger partial charge in [0.1, 0.15) is 5.69 Å². The third kappa shape index (κ3) is 4.43. The summed E-state index contributed by atoms with van der Waals surface area (Å²) >= 11 is 0. The van der Waals surface area contributed by atoms with Crippen LogP contribution in [-0.4, -0.2) is 48.2 Å². The van der Waals surface area contributed by atoms with Crippen LogP contribution in [-0.2, 0) is 6.54 Å². The van der Waals surface area contributed by atoms with Crippen molar-refractivity contribution in [3.63, 3.8) is 0 Å². The molecular formula is C20H29N5O. The maximum absolute atomic E-state index is 5.45. The third-order valence-corrected chi connectivity index (χ3v) is 4.98. The maximum atomic E-state index is 5.45. The molecule has 0 saturated carbocycles. The summed E-state index contributed by atoms with van der Waals surface area (Å²) in [6.45, 7) is 9.49. The summed E-state index contributed by atoms with van der Waals surface area (Å²) in [4.78, 5) is 6.85. The van der Waals surface area contributed by atoms with Crippen LogP contribution < -0.4 is 10.6 Å². The molecule has 26 heavy (non-hydrogen) atoms. The molecule has 1 aromatic heterocycles. The zero-order valence-corrected chi connectivity index (χ0v) is 16.1. The highest BCUT2D eigenvalue weighted by Crippen LogP contribution is 2.19. The van der Waals surface area contributed by atoms with Gasteiger partial charge in [0, 0.05) is 43.9 Å². The molecule has 2 heterocycles. The average molecular weight is 355 g/mol. The molecule has 6 nitrogen and oxygen atoms in total. The van der Waals surface area contributed by atoms with Crippen LogP contribution in [0.4, 0.5) is 0 Å². The van der Waals surface area contributed by atoms with Crippen LogP contribution in [0, 0.1) is 5.92 Å². The summed E-state index contributed by atoms with van der Waals surface area (Å²) < 4.78 is 5.45. The number of rotatable bonds is 5. The van der Waals surface area contributed by atoms with Crippen molar-refractivity contribution in [3.8, 4) is 11.3 Å². The predicted molar refractivity (Wildman–Crippen MR) is 105 cm³/mol. The Morgan fingerprint density at radius 1 is 1.31 bits per heavy atom. The second kappa shape index (κ2) is 8.36. The molecule has 1 fully saturated rings. The smallest absolute Gasteiger partial charge is 0.191 e. The first-order valence-corrected chi connectivity index (χ1v) is 9.29. The maximum Gasteiger partial charge on any atom is 0.191 e. The molecule has 1 aliphatic rings. The lowest BCUT2D eigenvalue weighted by Crippen LogP contribution is -2.46. The van der Waals surface area contributed by atoms with Crippen molar-refractivity contribution in [1.29, 1.82) is 0 Å². The van der Waals surface area contributed by atoms with Crippen LogP contribution in [0.15, 0.2) is 45.9 Å². The number of nitrogens with zero attached hydrogens (tertiary/aromatic N) is 3. The Balaban J connectivity index is 1.54. The van der Waals surface area contributed by atoms with E-state index in [-0.39, 0.29) is 0 Å². The summed E-state index contributed by atoms with van der Waals surface area (Å²) in [5.74, 6) is 2.17. The van der Waals surface area contributed by atoms with E-state index >= 15 is 0 Å². The highest BCUT2D eigenvalue weighted by Gasteiger charge is 2.31. The quantitative estimate of drug-likeness (QED) is 0.638. The number of hydrogen-bond acceptors (Lipinski definition) is 4. The fourth-order valence-corrected chi connectivity index (χ4v) is 3.30. The first kappa shape index (κ1) is 18.5. The van der Waals surface area contributed by atoms with Gasteiger partial charge in [-0.1, -0.05) is 42.4 Å². The van der Waals surface area contributed by atoms with E-state index in [0.29, 0.717) is 24.5 Å². The summed E-state index contributed by atoms with van der Waals surface area (Å²) in [5, 5.41) is 11.0. The second-order valence-corrected chi connectivity index (χ2v) is 7.25. The summed E-state index contributed by atoms with van der Waals surface area (Å²) in [5.41, 5.74) is 1.90. The summed E-state index contributed by atoms with van der Waals surface area (Å²) in [6, 6.07) is 13.0. The number of benzene rings is 1. The predicted octanol–water partition coefficient (Wildman–Crippen LogP) is 2.74. The van der Waals surface area contributed by atoms with Gasteiger partial charge in [-0.25, -0.2) is 0 Å². The minimum atomic E-state index is 0.401. The van der Waals surface area contributed by atoms with Gasteiger partial charge in [-0.3, -0.25) is 9.89 Å². The van der Waals surface area contributed by atoms with Gasteiger partial charge in [0.15, 0.2) is 11.7 Å². The first-order chi connectivity index (χ1) is 12.6. The minimum Gasteiger partial charge on any atom is -0.359 e. The fraction of sp³-hybridized carbons (Fsp3) is 0.500. The lowest BCUT2D eigenvalue weighted by molar-refractivity contribution is 0.265. The average Bonchev–Trinajstić information content (AvgIpc) is 3.26. The molecule has 0 amide bonds. The first-order valence-electron chi connectivity index (χ1n) is 9.29. The van der Waals surface area contributed by atoms with E-state index in [1.165, 1.54) is 0 Å². The molecule has 0 bridgehead atoms. The van der Waals surface area contributed by atoms with Gasteiger partial charge in [-0.2, -0.15) is 0 Å². The van der Waals surface area contributed by atoms with E-state index in [9.17, 15) is 0 Å². The molecule has 2 atom stereocenters. The summed E-state index contributed by atoms with van der Waals surface area (Å²) in [7, 11) is 1.80. The number of likely N-dealkylation sites (tertiary alicyclic amines) is 1. The van der Waals surface area contributed by atoms with Crippen LogP contribution in [0.25, 0.3) is 11.3 Å². The monoisotopic (exact) mass is 355 g/mol. The Labute approximate surface area is 155 Å². The Kier molecular flexibility index (Phi) is 5.93. The van der Waals surface area contributed by atoms with E-state index in [2.05, 4.69) is 46.5 Å². The van der Waals surface area contributed by atoms with Crippen LogP contribution in [0.5, 0.6) is 0 Å². The Morgan fingerprint density at radius 2 is 2.08 bits per heavy atom. The zero-order chi connectivity index (χ0) is 18.5. The molecule has 2 unspecified atom stereocenters. The van der Waals surface area contributed by atoms with Crippen molar-refractivity contribution in [1.82, 2.24) is 20.7 Å². The minimum absolute atomic E-state index is 0.401. The van der Waals surface area contributed by atoms with Gasteiger partial charge in [0.2, 0.25) is 0 Å². The second-order valence-electron chi connectivity index (χ2n) is 7.25. The van der Waals surface area contributed by atoms with Crippen LogP contribution >= 0.6 is 0 Å². The fourth-order valence-electron chi connectivity index (χ4n) is 3.30. The van der Waals surface area contributed by atoms with Gasteiger partial charge in [0.25, 0.3) is 0 Å². The van der Waals surface area contributed by atoms with Crippen molar-refractivity contribution >= 4 is 5.96 Å². The number of aliphatic imine (C=N–C) groups is 1. The Hall–Kier alpha value is -2.34. The van der Waals surface area contributed by atoms with E-state index in [0.717, 1.165) is 36.1 Å². The molecule has 140 valence electrons. The third-order valence-electron chi connectivity index (χ3n) is 4.98. The molecule has 0 radical (unpaired) electrons. The van der Waals surface area contributed by atoms with Gasteiger partial charge >= 0.3 is 0 Å². The molecule has 2 aromatic rings. The van der Waals surface area contributed by atoms with Crippen LogP contribution in [0.3, 0.4) is 0 Å². The molecule has 0 spiro atoms.